The van der Waals surface area contributed by atoms with Gasteiger partial charge in [-0.1, -0.05) is 117 Å². The van der Waals surface area contributed by atoms with Gasteiger partial charge in [0.15, 0.2) is 0 Å². The van der Waals surface area contributed by atoms with Crippen LogP contribution in [0.1, 0.15) is 180 Å². The predicted molar refractivity (Wildman–Crippen MR) is 430 cm³/mol. The normalized spacial score (nSPS) is 18.3. The van der Waals surface area contributed by atoms with Crippen LogP contribution in [-0.2, 0) is 28.7 Å². The molecule has 3 aliphatic carbocycles. The number of halogens is 2. The number of aromatic nitrogens is 6. The minimum atomic E-state index is -0.529. The van der Waals surface area contributed by atoms with Gasteiger partial charge in [-0.2, -0.15) is 0 Å². The Morgan fingerprint density at radius 2 is 0.829 bits per heavy atom. The highest BCUT2D eigenvalue weighted by atomic mass is 35.5. The highest BCUT2D eigenvalue weighted by Gasteiger charge is 2.51. The second-order valence-corrected chi connectivity index (χ2v) is 31.4. The lowest BCUT2D eigenvalue weighted by Crippen LogP contribution is -2.48. The molecule has 105 heavy (non-hydrogen) atoms. The van der Waals surface area contributed by atoms with E-state index in [1.807, 2.05) is 111 Å². The van der Waals surface area contributed by atoms with Crippen molar-refractivity contribution < 1.29 is 19.1 Å². The second kappa shape index (κ2) is 33.8. The first-order chi connectivity index (χ1) is 48.8. The number of aryl methyl sites for hydroxylation is 3. The molecule has 2 amide bonds. The molecule has 9 heterocycles. The number of nitrogens with two attached hydrogens (primary N) is 1. The summed E-state index contributed by atoms with van der Waals surface area (Å²) in [6.07, 6.45) is 19.9. The number of alkyl carbamates (subject to hydrolysis) is 2. The molecule has 5 N–H and O–H groups in total. The van der Waals surface area contributed by atoms with E-state index in [0.717, 1.165) is 154 Å². The number of carbonyl (C=O) groups is 2. The Kier molecular flexibility index (Phi) is 25.8. The molecule has 6 aliphatic rings. The van der Waals surface area contributed by atoms with Gasteiger partial charge in [0.05, 0.1) is 12.1 Å². The summed E-state index contributed by atoms with van der Waals surface area (Å²) in [7, 11) is 0. The number of nitrogens with zero attached hydrogens (tertiary/aromatic N) is 8. The van der Waals surface area contributed by atoms with Gasteiger partial charge in [0.2, 0.25) is 0 Å². The molecule has 16 nitrogen and oxygen atoms in total. The Hall–Kier alpha value is -8.80. The first kappa shape index (κ1) is 80.3. The van der Waals surface area contributed by atoms with Crippen molar-refractivity contribution in [1.82, 2.24) is 45.9 Å². The molecular weight excluding hydrogens is 1350 g/mol. The third-order valence-corrected chi connectivity index (χ3v) is 22.0. The van der Waals surface area contributed by atoms with E-state index in [1.54, 1.807) is 12.4 Å². The number of carbonyl (C=O) groups excluding carboxylic acids is 2. The van der Waals surface area contributed by atoms with Gasteiger partial charge >= 0.3 is 12.2 Å². The third kappa shape index (κ3) is 18.2. The zero-order valence-corrected chi connectivity index (χ0v) is 63.6. The van der Waals surface area contributed by atoms with E-state index in [1.165, 1.54) is 55.6 Å². The number of anilines is 2. The molecule has 3 aliphatic heterocycles. The molecule has 3 saturated heterocycles. The van der Waals surface area contributed by atoms with Crippen molar-refractivity contribution in [1.29, 1.82) is 0 Å². The summed E-state index contributed by atoms with van der Waals surface area (Å²) in [5.74, 6) is 2.17. The van der Waals surface area contributed by atoms with E-state index in [2.05, 4.69) is 170 Å². The van der Waals surface area contributed by atoms with Crippen molar-refractivity contribution in [3.05, 3.63) is 237 Å². The number of benzene rings is 3. The molecule has 9 aromatic rings. The van der Waals surface area contributed by atoms with Crippen LogP contribution in [0.2, 0.25) is 5.15 Å². The first-order valence-electron chi connectivity index (χ1n) is 36.3. The van der Waals surface area contributed by atoms with Gasteiger partial charge in [0.25, 0.3) is 0 Å². The van der Waals surface area contributed by atoms with Gasteiger partial charge in [-0.3, -0.25) is 15.0 Å². The molecule has 18 heteroatoms. The maximum atomic E-state index is 12.8. The van der Waals surface area contributed by atoms with E-state index in [9.17, 15) is 9.59 Å². The zero-order chi connectivity index (χ0) is 72.1. The van der Waals surface area contributed by atoms with Crippen LogP contribution in [0, 0.1) is 57.8 Å². The molecular formula is C87H110Cl2N12O4. The number of hydrogen-bond donors (Lipinski definition) is 4. The van der Waals surface area contributed by atoms with Crippen LogP contribution in [0.25, 0.3) is 33.4 Å². The summed E-state index contributed by atoms with van der Waals surface area (Å²) in [4.78, 5) is 56.8. The molecule has 6 aromatic heterocycles. The van der Waals surface area contributed by atoms with Gasteiger partial charge in [0.1, 0.15) is 28.0 Å². The molecule has 3 fully saturated rings. The number of rotatable bonds is 7. The van der Waals surface area contributed by atoms with E-state index in [-0.39, 0.29) is 73.8 Å². The average Bonchev–Trinajstić information content (AvgIpc) is 1.63. The Morgan fingerprint density at radius 1 is 0.486 bits per heavy atom. The SMILES string of the molecule is C.C.CC(C)(C)OC(=O)N[C@@H]1c2ccccc2CC12CCNCC2.Cc1cc(-c2cccnc2)c(C)c(Cl)n1.Cc1cc(-c2cccnc2)c(C)c(N2CCC3(CC2)Cc2ccccc2[C@H]3N)n1.Cc1cc(-c2cccnc2)c(C)c(N2CCC3(CC2)Cc2ccccc2[C@H]3NC(=O)OC(C)(C)C)n1.Cl. The highest BCUT2D eigenvalue weighted by molar-refractivity contribution is 6.30. The second-order valence-electron chi connectivity index (χ2n) is 31.0. The topological polar surface area (TPSA) is 199 Å². The maximum absolute atomic E-state index is 12.8. The van der Waals surface area contributed by atoms with Crippen molar-refractivity contribution in [3.8, 4) is 33.4 Å². The summed E-state index contributed by atoms with van der Waals surface area (Å²) >= 11 is 6.04. The lowest BCUT2D eigenvalue weighted by atomic mass is 9.72. The minimum Gasteiger partial charge on any atom is -0.444 e. The monoisotopic (exact) mass is 1460 g/mol. The third-order valence-electron chi connectivity index (χ3n) is 21.7. The Labute approximate surface area is 635 Å². The van der Waals surface area contributed by atoms with Crippen LogP contribution in [0.15, 0.2) is 165 Å². The molecule has 0 unspecified atom stereocenters. The standard InChI is InChI=1S/C30H36N4O2.C25H28N4.C18H26N2O2.C12H11ClN2.2CH4.ClH/c1-20-17-25(23-10-8-14-31-19-23)21(2)27(32-20)34-15-12-30(13-16-34)18-22-9-6-7-11-24(22)26(30)33-28(35)36-29(3,4)5;1-17-14-22(20-7-5-11-27-16-20)18(2)24(28-17)29-12-9-25(10-13-29)15-19-6-3-4-8-21(19)23(25)26;1-17(2,3)22-16(21)20-15-14-7-5-4-6-13(14)12-18(15)8-10-19-11-9-18;1-8-6-11(9(2)12(13)15-8)10-4-3-5-14-7-10;;;/h6-11,14,17,19,26H,12-13,15-16,18H2,1-5H3,(H,33,35);3-8,11,14,16,23H,9-10,12-13,15,26H2,1-2H3;4-7,15,19H,8-12H2,1-3H3,(H,20,21);3-7H,1-2H3;2*1H4;1H/t26-;23-;15-;;;;/m111..../s1. The summed E-state index contributed by atoms with van der Waals surface area (Å²) in [5, 5.41) is 10.4. The summed E-state index contributed by atoms with van der Waals surface area (Å²) < 4.78 is 11.1. The molecule has 3 spiro atoms. The lowest BCUT2D eigenvalue weighted by Gasteiger charge is -2.44. The fourth-order valence-corrected chi connectivity index (χ4v) is 16.8. The van der Waals surface area contributed by atoms with E-state index in [0.29, 0.717) is 5.15 Å². The summed E-state index contributed by atoms with van der Waals surface area (Å²) in [6.45, 7) is 29.6. The van der Waals surface area contributed by atoms with E-state index < -0.39 is 11.2 Å². The van der Waals surface area contributed by atoms with Gasteiger partial charge in [0, 0.05) is 114 Å². The van der Waals surface area contributed by atoms with E-state index in [4.69, 9.17) is 36.8 Å². The quantitative estimate of drug-likeness (QED) is 0.110. The van der Waals surface area contributed by atoms with Gasteiger partial charge in [-0.15, -0.1) is 12.4 Å². The van der Waals surface area contributed by atoms with Gasteiger partial charge in [-0.05, 0) is 263 Å². The van der Waals surface area contributed by atoms with Crippen LogP contribution in [-0.4, -0.2) is 92.6 Å². The predicted octanol–water partition coefficient (Wildman–Crippen LogP) is 19.1. The summed E-state index contributed by atoms with van der Waals surface area (Å²) in [6, 6.07) is 44.4. The molecule has 0 bridgehead atoms. The zero-order valence-electron chi connectivity index (χ0n) is 62.0. The number of amides is 2. The number of ether oxygens (including phenoxy) is 2. The number of fused-ring (bicyclic) bond motifs is 3. The lowest BCUT2D eigenvalue weighted by molar-refractivity contribution is 0.0415. The van der Waals surface area contributed by atoms with Crippen LogP contribution in [0.4, 0.5) is 21.2 Å². The van der Waals surface area contributed by atoms with Crippen molar-refractivity contribution >= 4 is 47.8 Å². The molecule has 3 aromatic carbocycles. The number of hydrogen-bond acceptors (Lipinski definition) is 14. The van der Waals surface area contributed by atoms with Crippen LogP contribution in [0.5, 0.6) is 0 Å². The number of pyridine rings is 6. The van der Waals surface area contributed by atoms with Crippen LogP contribution in [0.3, 0.4) is 0 Å². The molecule has 0 saturated carbocycles. The minimum absolute atomic E-state index is 0. The molecule has 556 valence electrons. The average molecular weight is 1460 g/mol. The van der Waals surface area contributed by atoms with Crippen molar-refractivity contribution in [2.45, 2.75) is 185 Å². The van der Waals surface area contributed by atoms with E-state index >= 15 is 0 Å². The first-order valence-corrected chi connectivity index (χ1v) is 36.7. The maximum Gasteiger partial charge on any atom is 0.408 e. The Bertz CT molecular complexity index is 4430. The molecule has 0 radical (unpaired) electrons. The molecule has 3 atom stereocenters. The summed E-state index contributed by atoms with van der Waals surface area (Å²) in [5.41, 5.74) is 27.3. The number of nitrogens with one attached hydrogen (secondary N) is 3. The molecule has 15 rings (SSSR count). The van der Waals surface area contributed by atoms with Crippen molar-refractivity contribution in [3.63, 3.8) is 0 Å². The van der Waals surface area contributed by atoms with Crippen molar-refractivity contribution in [2.24, 2.45) is 22.0 Å². The fraction of sp³-hybridized carbons (Fsp3) is 0.425. The van der Waals surface area contributed by atoms with Crippen molar-refractivity contribution in [2.75, 3.05) is 49.1 Å². The fourth-order valence-electron chi connectivity index (χ4n) is 16.6. The largest absolute Gasteiger partial charge is 0.444 e. The smallest absolute Gasteiger partial charge is 0.408 e. The Morgan fingerprint density at radius 3 is 1.21 bits per heavy atom. The van der Waals surface area contributed by atoms with Gasteiger partial charge < -0.3 is 41.0 Å². The number of piperidine rings is 3. The van der Waals surface area contributed by atoms with Crippen LogP contribution >= 0.6 is 24.0 Å². The van der Waals surface area contributed by atoms with Gasteiger partial charge in [-0.25, -0.2) is 24.5 Å². The Balaban J connectivity index is 0.000000167. The highest BCUT2D eigenvalue weighted by Crippen LogP contribution is 2.55. The van der Waals surface area contributed by atoms with Crippen LogP contribution < -0.4 is 31.5 Å².